The molecule has 1 fully saturated rings. The first-order valence-electron chi connectivity index (χ1n) is 6.53. The number of rotatable bonds is 5. The van der Waals surface area contributed by atoms with Crippen molar-refractivity contribution in [3.63, 3.8) is 0 Å². The van der Waals surface area contributed by atoms with Crippen molar-refractivity contribution in [2.24, 2.45) is 0 Å². The van der Waals surface area contributed by atoms with E-state index < -0.39 is 0 Å². The van der Waals surface area contributed by atoms with Gasteiger partial charge in [0.05, 0.1) is 12.6 Å². The summed E-state index contributed by atoms with van der Waals surface area (Å²) in [6.07, 6.45) is 2.43. The van der Waals surface area contributed by atoms with Crippen molar-refractivity contribution < 1.29 is 9.53 Å². The van der Waals surface area contributed by atoms with Crippen LogP contribution in [0.25, 0.3) is 0 Å². The summed E-state index contributed by atoms with van der Waals surface area (Å²) in [5, 5.41) is 6.58. The molecule has 0 spiro atoms. The van der Waals surface area contributed by atoms with Crippen LogP contribution in [0, 0.1) is 6.92 Å². The quantitative estimate of drug-likeness (QED) is 0.872. The van der Waals surface area contributed by atoms with E-state index in [4.69, 9.17) is 16.3 Å². The molecule has 1 aromatic carbocycles. The van der Waals surface area contributed by atoms with Gasteiger partial charge < -0.3 is 15.4 Å². The lowest BCUT2D eigenvalue weighted by atomic mass is 10.2. The van der Waals surface area contributed by atoms with Crippen molar-refractivity contribution in [3.8, 4) is 0 Å². The third kappa shape index (κ3) is 4.49. The highest BCUT2D eigenvalue weighted by atomic mass is 35.5. The van der Waals surface area contributed by atoms with Crippen molar-refractivity contribution in [2.75, 3.05) is 25.0 Å². The minimum atomic E-state index is -0.0663. The van der Waals surface area contributed by atoms with Crippen LogP contribution >= 0.6 is 11.6 Å². The van der Waals surface area contributed by atoms with E-state index in [1.165, 1.54) is 0 Å². The van der Waals surface area contributed by atoms with E-state index in [0.29, 0.717) is 5.02 Å². The summed E-state index contributed by atoms with van der Waals surface area (Å²) in [6.45, 7) is 3.78. The van der Waals surface area contributed by atoms with E-state index in [-0.39, 0.29) is 18.6 Å². The highest BCUT2D eigenvalue weighted by molar-refractivity contribution is 6.31. The minimum absolute atomic E-state index is 0.0663. The minimum Gasteiger partial charge on any atom is -0.377 e. The third-order valence-electron chi connectivity index (χ3n) is 3.16. The molecule has 0 saturated carbocycles. The topological polar surface area (TPSA) is 50.4 Å². The van der Waals surface area contributed by atoms with Crippen LogP contribution in [0.15, 0.2) is 18.2 Å². The number of hydrogen-bond acceptors (Lipinski definition) is 3. The molecule has 0 aromatic heterocycles. The molecule has 1 saturated heterocycles. The SMILES string of the molecule is Cc1ccc(Cl)cc1NC(=O)CNCC1CCCO1. The van der Waals surface area contributed by atoms with Gasteiger partial charge in [-0.15, -0.1) is 0 Å². The number of carbonyl (C=O) groups excluding carboxylic acids is 1. The normalized spacial score (nSPS) is 18.5. The van der Waals surface area contributed by atoms with Crippen molar-refractivity contribution in [1.82, 2.24) is 5.32 Å². The Balaban J connectivity index is 1.75. The summed E-state index contributed by atoms with van der Waals surface area (Å²) < 4.78 is 5.48. The molecule has 5 heteroatoms. The van der Waals surface area contributed by atoms with Gasteiger partial charge in [0.2, 0.25) is 5.91 Å². The van der Waals surface area contributed by atoms with Crippen molar-refractivity contribution >= 4 is 23.2 Å². The Morgan fingerprint density at radius 3 is 3.11 bits per heavy atom. The first-order chi connectivity index (χ1) is 9.15. The molecule has 0 aliphatic carbocycles. The number of benzene rings is 1. The fourth-order valence-corrected chi connectivity index (χ4v) is 2.25. The summed E-state index contributed by atoms with van der Waals surface area (Å²) in [4.78, 5) is 11.8. The van der Waals surface area contributed by atoms with Crippen LogP contribution in [0.1, 0.15) is 18.4 Å². The van der Waals surface area contributed by atoms with Crippen LogP contribution < -0.4 is 10.6 Å². The van der Waals surface area contributed by atoms with Crippen LogP contribution in [-0.4, -0.2) is 31.7 Å². The van der Waals surface area contributed by atoms with Crippen molar-refractivity contribution in [1.29, 1.82) is 0 Å². The monoisotopic (exact) mass is 282 g/mol. The van der Waals surface area contributed by atoms with E-state index in [1.807, 2.05) is 19.1 Å². The number of carbonyl (C=O) groups is 1. The third-order valence-corrected chi connectivity index (χ3v) is 3.39. The molecule has 1 aliphatic rings. The van der Waals surface area contributed by atoms with Gasteiger partial charge in [0, 0.05) is 23.9 Å². The summed E-state index contributed by atoms with van der Waals surface area (Å²) in [6, 6.07) is 5.45. The first kappa shape index (κ1) is 14.3. The largest absolute Gasteiger partial charge is 0.377 e. The predicted molar refractivity (Wildman–Crippen MR) is 76.7 cm³/mol. The van der Waals surface area contributed by atoms with E-state index >= 15 is 0 Å². The zero-order valence-corrected chi connectivity index (χ0v) is 11.8. The van der Waals surface area contributed by atoms with Crippen LogP contribution in [0.3, 0.4) is 0 Å². The van der Waals surface area contributed by atoms with E-state index in [0.717, 1.165) is 37.2 Å². The number of anilines is 1. The smallest absolute Gasteiger partial charge is 0.238 e. The Hall–Kier alpha value is -1.10. The Labute approximate surface area is 118 Å². The van der Waals surface area contributed by atoms with Gasteiger partial charge in [-0.1, -0.05) is 17.7 Å². The molecule has 1 atom stereocenters. The number of ether oxygens (including phenoxy) is 1. The van der Waals surface area contributed by atoms with Crippen LogP contribution in [0.2, 0.25) is 5.02 Å². The van der Waals surface area contributed by atoms with Gasteiger partial charge in [-0.05, 0) is 37.5 Å². The lowest BCUT2D eigenvalue weighted by Gasteiger charge is -2.12. The van der Waals surface area contributed by atoms with Crippen molar-refractivity contribution in [2.45, 2.75) is 25.9 Å². The average molecular weight is 283 g/mol. The molecule has 1 aliphatic heterocycles. The zero-order chi connectivity index (χ0) is 13.7. The maximum absolute atomic E-state index is 11.8. The van der Waals surface area contributed by atoms with Gasteiger partial charge in [-0.2, -0.15) is 0 Å². The van der Waals surface area contributed by atoms with Gasteiger partial charge in [0.25, 0.3) is 0 Å². The Morgan fingerprint density at radius 2 is 2.37 bits per heavy atom. The Bertz CT molecular complexity index is 445. The second kappa shape index (κ2) is 6.89. The Morgan fingerprint density at radius 1 is 1.53 bits per heavy atom. The molecule has 1 amide bonds. The molecule has 19 heavy (non-hydrogen) atoms. The van der Waals surface area contributed by atoms with E-state index in [9.17, 15) is 4.79 Å². The lowest BCUT2D eigenvalue weighted by molar-refractivity contribution is -0.115. The number of halogens is 1. The molecule has 2 rings (SSSR count). The summed E-state index contributed by atoms with van der Waals surface area (Å²) in [5.41, 5.74) is 1.76. The van der Waals surface area contributed by atoms with Gasteiger partial charge >= 0.3 is 0 Å². The summed E-state index contributed by atoms with van der Waals surface area (Å²) >= 11 is 5.91. The highest BCUT2D eigenvalue weighted by Crippen LogP contribution is 2.19. The van der Waals surface area contributed by atoms with E-state index in [1.54, 1.807) is 6.07 Å². The molecular formula is C14H19ClN2O2. The maximum atomic E-state index is 11.8. The van der Waals surface area contributed by atoms with Gasteiger partial charge in [0.15, 0.2) is 0 Å². The second-order valence-corrected chi connectivity index (χ2v) is 5.21. The van der Waals surface area contributed by atoms with Crippen LogP contribution in [-0.2, 0) is 9.53 Å². The predicted octanol–water partition coefficient (Wildman–Crippen LogP) is 2.36. The molecule has 1 heterocycles. The van der Waals surface area contributed by atoms with Crippen LogP contribution in [0.4, 0.5) is 5.69 Å². The summed E-state index contributed by atoms with van der Waals surface area (Å²) in [5.74, 6) is -0.0663. The molecule has 1 unspecified atom stereocenters. The molecule has 104 valence electrons. The fourth-order valence-electron chi connectivity index (χ4n) is 2.08. The standard InChI is InChI=1S/C14H19ClN2O2/c1-10-4-5-11(15)7-13(10)17-14(18)9-16-8-12-3-2-6-19-12/h4-5,7,12,16H,2-3,6,8-9H2,1H3,(H,17,18). The number of aryl methyl sites for hydroxylation is 1. The number of nitrogens with one attached hydrogen (secondary N) is 2. The van der Waals surface area contributed by atoms with Gasteiger partial charge in [0.1, 0.15) is 0 Å². The molecule has 0 radical (unpaired) electrons. The molecular weight excluding hydrogens is 264 g/mol. The molecule has 4 nitrogen and oxygen atoms in total. The highest BCUT2D eigenvalue weighted by Gasteiger charge is 2.15. The van der Waals surface area contributed by atoms with E-state index in [2.05, 4.69) is 10.6 Å². The average Bonchev–Trinajstić information content (AvgIpc) is 2.87. The molecule has 1 aromatic rings. The van der Waals surface area contributed by atoms with Crippen molar-refractivity contribution in [3.05, 3.63) is 28.8 Å². The maximum Gasteiger partial charge on any atom is 0.238 e. The lowest BCUT2D eigenvalue weighted by Crippen LogP contribution is -2.33. The first-order valence-corrected chi connectivity index (χ1v) is 6.91. The van der Waals surface area contributed by atoms with Gasteiger partial charge in [-0.25, -0.2) is 0 Å². The zero-order valence-electron chi connectivity index (χ0n) is 11.0. The summed E-state index contributed by atoms with van der Waals surface area (Å²) in [7, 11) is 0. The van der Waals surface area contributed by atoms with Gasteiger partial charge in [-0.3, -0.25) is 4.79 Å². The van der Waals surface area contributed by atoms with Crippen LogP contribution in [0.5, 0.6) is 0 Å². The molecule has 2 N–H and O–H groups in total. The molecule has 0 bridgehead atoms. The number of amides is 1. The second-order valence-electron chi connectivity index (χ2n) is 4.77. The Kier molecular flexibility index (Phi) is 5.19. The number of hydrogen-bond donors (Lipinski definition) is 2. The fraction of sp³-hybridized carbons (Fsp3) is 0.500.